The quantitative estimate of drug-likeness (QED) is 0.800. The molecule has 1 aromatic heterocycles. The van der Waals surface area contributed by atoms with E-state index in [4.69, 9.17) is 9.47 Å². The molecule has 2 heterocycles. The molecule has 3 rings (SSSR count). The van der Waals surface area contributed by atoms with Gasteiger partial charge in [0.2, 0.25) is 6.79 Å². The van der Waals surface area contributed by atoms with Crippen molar-refractivity contribution in [2.75, 3.05) is 13.8 Å². The lowest BCUT2D eigenvalue weighted by molar-refractivity contribution is 0.0784. The van der Waals surface area contributed by atoms with Crippen molar-refractivity contribution >= 4 is 21.8 Å². The van der Waals surface area contributed by atoms with E-state index in [0.29, 0.717) is 16.7 Å². The van der Waals surface area contributed by atoms with Crippen LogP contribution in [0.15, 0.2) is 41.1 Å². The molecule has 0 radical (unpaired) electrons. The van der Waals surface area contributed by atoms with Crippen LogP contribution in [-0.2, 0) is 6.54 Å². The highest BCUT2D eigenvalue weighted by Gasteiger charge is 2.16. The summed E-state index contributed by atoms with van der Waals surface area (Å²) in [5.74, 6) is 1.39. The van der Waals surface area contributed by atoms with Gasteiger partial charge in [0.1, 0.15) is 4.60 Å². The molecule has 0 saturated carbocycles. The third-order valence-corrected chi connectivity index (χ3v) is 3.65. The Kier molecular flexibility index (Phi) is 3.79. The molecule has 2 aromatic rings. The first kappa shape index (κ1) is 13.9. The van der Waals surface area contributed by atoms with Gasteiger partial charge in [0, 0.05) is 19.8 Å². The minimum absolute atomic E-state index is 0.0762. The predicted molar refractivity (Wildman–Crippen MR) is 80.3 cm³/mol. The number of ether oxygens (including phenoxy) is 2. The molecule has 6 heteroatoms. The van der Waals surface area contributed by atoms with Gasteiger partial charge in [-0.3, -0.25) is 4.79 Å². The molecular weight excluding hydrogens is 336 g/mol. The van der Waals surface area contributed by atoms with Gasteiger partial charge in [-0.2, -0.15) is 0 Å². The summed E-state index contributed by atoms with van der Waals surface area (Å²) >= 11 is 3.25. The Morgan fingerprint density at radius 1 is 1.29 bits per heavy atom. The summed E-state index contributed by atoms with van der Waals surface area (Å²) in [5.41, 5.74) is 1.54. The third-order valence-electron chi connectivity index (χ3n) is 3.18. The second kappa shape index (κ2) is 5.73. The zero-order valence-electron chi connectivity index (χ0n) is 11.4. The van der Waals surface area contributed by atoms with E-state index in [2.05, 4.69) is 20.9 Å². The third kappa shape index (κ3) is 3.00. The van der Waals surface area contributed by atoms with E-state index in [9.17, 15) is 4.79 Å². The van der Waals surface area contributed by atoms with Crippen LogP contribution in [0.3, 0.4) is 0 Å². The first-order valence-electron chi connectivity index (χ1n) is 6.39. The highest BCUT2D eigenvalue weighted by molar-refractivity contribution is 9.10. The van der Waals surface area contributed by atoms with Crippen molar-refractivity contribution in [2.45, 2.75) is 6.54 Å². The number of pyridine rings is 1. The molecule has 1 aliphatic rings. The molecule has 0 saturated heterocycles. The van der Waals surface area contributed by atoms with Crippen molar-refractivity contribution in [2.24, 2.45) is 0 Å². The maximum atomic E-state index is 12.3. The molecular formula is C15H13BrN2O3. The van der Waals surface area contributed by atoms with Crippen molar-refractivity contribution in [3.63, 3.8) is 0 Å². The fraction of sp³-hybridized carbons (Fsp3) is 0.200. The van der Waals surface area contributed by atoms with Crippen LogP contribution < -0.4 is 9.47 Å². The average Bonchev–Trinajstić information content (AvgIpc) is 2.95. The van der Waals surface area contributed by atoms with E-state index in [0.717, 1.165) is 17.1 Å². The summed E-state index contributed by atoms with van der Waals surface area (Å²) < 4.78 is 11.3. The fourth-order valence-corrected chi connectivity index (χ4v) is 2.34. The predicted octanol–water partition coefficient (Wildman–Crippen LogP) is 2.85. The number of halogens is 1. The van der Waals surface area contributed by atoms with Crippen molar-refractivity contribution in [1.82, 2.24) is 9.88 Å². The van der Waals surface area contributed by atoms with Gasteiger partial charge in [-0.1, -0.05) is 6.07 Å². The van der Waals surface area contributed by atoms with Crippen LogP contribution >= 0.6 is 15.9 Å². The Balaban J connectivity index is 1.72. The number of fused-ring (bicyclic) bond motifs is 1. The first-order chi connectivity index (χ1) is 10.1. The lowest BCUT2D eigenvalue weighted by Crippen LogP contribution is -2.26. The average molecular weight is 349 g/mol. The molecule has 1 aliphatic heterocycles. The summed E-state index contributed by atoms with van der Waals surface area (Å²) in [6.07, 6.45) is 1.56. The highest BCUT2D eigenvalue weighted by Crippen LogP contribution is 2.32. The molecule has 0 unspecified atom stereocenters. The Hall–Kier alpha value is -2.08. The van der Waals surface area contributed by atoms with E-state index in [1.165, 1.54) is 0 Å². The Labute approximate surface area is 130 Å². The largest absolute Gasteiger partial charge is 0.454 e. The molecule has 5 nitrogen and oxygen atoms in total. The summed E-state index contributed by atoms with van der Waals surface area (Å²) in [6.45, 7) is 0.740. The van der Waals surface area contributed by atoms with Crippen molar-refractivity contribution in [1.29, 1.82) is 0 Å². The summed E-state index contributed by atoms with van der Waals surface area (Å²) in [7, 11) is 1.76. The monoisotopic (exact) mass is 348 g/mol. The van der Waals surface area contributed by atoms with Crippen LogP contribution in [0.4, 0.5) is 0 Å². The Morgan fingerprint density at radius 3 is 2.86 bits per heavy atom. The lowest BCUT2D eigenvalue weighted by Gasteiger charge is -2.17. The number of aromatic nitrogens is 1. The van der Waals surface area contributed by atoms with Crippen molar-refractivity contribution < 1.29 is 14.3 Å². The minimum Gasteiger partial charge on any atom is -0.454 e. The van der Waals surface area contributed by atoms with E-state index < -0.39 is 0 Å². The SMILES string of the molecule is CN(Cc1ccc2c(c1)OCO2)C(=O)c1ccc(Br)nc1. The Morgan fingerprint density at radius 2 is 2.10 bits per heavy atom. The highest BCUT2D eigenvalue weighted by atomic mass is 79.9. The van der Waals surface area contributed by atoms with Gasteiger partial charge in [0.05, 0.1) is 5.56 Å². The number of rotatable bonds is 3. The Bertz CT molecular complexity index is 673. The van der Waals surface area contributed by atoms with E-state index in [1.807, 2.05) is 18.2 Å². The normalized spacial score (nSPS) is 12.3. The molecule has 0 fully saturated rings. The summed E-state index contributed by atoms with van der Waals surface area (Å²) in [5, 5.41) is 0. The maximum Gasteiger partial charge on any atom is 0.255 e. The molecule has 0 N–H and O–H groups in total. The van der Waals surface area contributed by atoms with Crippen LogP contribution in [0.25, 0.3) is 0 Å². The standard InChI is InChI=1S/C15H13BrN2O3/c1-18(15(19)11-3-5-14(16)17-7-11)8-10-2-4-12-13(6-10)21-9-20-12/h2-7H,8-9H2,1H3. The van der Waals surface area contributed by atoms with E-state index in [-0.39, 0.29) is 12.7 Å². The number of carbonyl (C=O) groups excluding carboxylic acids is 1. The second-order valence-corrected chi connectivity index (χ2v) is 5.53. The van der Waals surface area contributed by atoms with Crippen molar-refractivity contribution in [3.05, 3.63) is 52.3 Å². The van der Waals surface area contributed by atoms with Gasteiger partial charge in [0.25, 0.3) is 5.91 Å². The number of benzene rings is 1. The van der Waals surface area contributed by atoms with Crippen LogP contribution in [-0.4, -0.2) is 29.6 Å². The molecule has 1 aromatic carbocycles. The van der Waals surface area contributed by atoms with E-state index >= 15 is 0 Å². The molecule has 1 amide bonds. The van der Waals surface area contributed by atoms with Gasteiger partial charge in [-0.15, -0.1) is 0 Å². The number of carbonyl (C=O) groups is 1. The maximum absolute atomic E-state index is 12.3. The van der Waals surface area contributed by atoms with Crippen LogP contribution in [0, 0.1) is 0 Å². The molecule has 108 valence electrons. The smallest absolute Gasteiger partial charge is 0.255 e. The second-order valence-electron chi connectivity index (χ2n) is 4.72. The van der Waals surface area contributed by atoms with E-state index in [1.54, 1.807) is 30.3 Å². The minimum atomic E-state index is -0.0762. The number of nitrogens with zero attached hydrogens (tertiary/aromatic N) is 2. The van der Waals surface area contributed by atoms with Gasteiger partial charge >= 0.3 is 0 Å². The zero-order chi connectivity index (χ0) is 14.8. The van der Waals surface area contributed by atoms with Crippen molar-refractivity contribution in [3.8, 4) is 11.5 Å². The topological polar surface area (TPSA) is 51.7 Å². The molecule has 0 atom stereocenters. The number of hydrogen-bond acceptors (Lipinski definition) is 4. The number of amides is 1. The number of hydrogen-bond donors (Lipinski definition) is 0. The van der Waals surface area contributed by atoms with Gasteiger partial charge in [0.15, 0.2) is 11.5 Å². The summed E-state index contributed by atoms with van der Waals surface area (Å²) in [4.78, 5) is 18.0. The summed E-state index contributed by atoms with van der Waals surface area (Å²) in [6, 6.07) is 9.18. The van der Waals surface area contributed by atoms with Crippen LogP contribution in [0.1, 0.15) is 15.9 Å². The van der Waals surface area contributed by atoms with Gasteiger partial charge < -0.3 is 14.4 Å². The van der Waals surface area contributed by atoms with Gasteiger partial charge in [-0.25, -0.2) is 4.98 Å². The first-order valence-corrected chi connectivity index (χ1v) is 7.18. The van der Waals surface area contributed by atoms with Crippen LogP contribution in [0.5, 0.6) is 11.5 Å². The molecule has 0 spiro atoms. The fourth-order valence-electron chi connectivity index (χ4n) is 2.11. The molecule has 0 aliphatic carbocycles. The van der Waals surface area contributed by atoms with Crippen LogP contribution in [0.2, 0.25) is 0 Å². The molecule has 21 heavy (non-hydrogen) atoms. The lowest BCUT2D eigenvalue weighted by atomic mass is 10.1. The van der Waals surface area contributed by atoms with Gasteiger partial charge in [-0.05, 0) is 45.8 Å². The zero-order valence-corrected chi connectivity index (χ0v) is 13.0. The molecule has 0 bridgehead atoms.